The third-order valence-corrected chi connectivity index (χ3v) is 6.61. The quantitative estimate of drug-likeness (QED) is 0.812. The van der Waals surface area contributed by atoms with Gasteiger partial charge in [-0.05, 0) is 31.0 Å². The smallest absolute Gasteiger partial charge is 0.244 e. The maximum atomic E-state index is 12.8. The van der Waals surface area contributed by atoms with Crippen molar-refractivity contribution in [3.05, 3.63) is 34.6 Å². The van der Waals surface area contributed by atoms with Crippen LogP contribution in [-0.4, -0.2) is 46.9 Å². The number of H-pyrrole nitrogens is 1. The van der Waals surface area contributed by atoms with Crippen LogP contribution in [0.15, 0.2) is 29.4 Å². The summed E-state index contributed by atoms with van der Waals surface area (Å²) in [6.45, 7) is 0.444. The molecule has 0 atom stereocenters. The molecule has 1 amide bonds. The first-order valence-corrected chi connectivity index (χ1v) is 9.69. The van der Waals surface area contributed by atoms with Crippen LogP contribution in [0.5, 0.6) is 0 Å². The van der Waals surface area contributed by atoms with Crippen molar-refractivity contribution < 1.29 is 13.2 Å². The maximum absolute atomic E-state index is 12.8. The van der Waals surface area contributed by atoms with Crippen molar-refractivity contribution in [1.82, 2.24) is 19.5 Å². The van der Waals surface area contributed by atoms with Crippen LogP contribution in [0.3, 0.4) is 0 Å². The van der Waals surface area contributed by atoms with Gasteiger partial charge in [-0.3, -0.25) is 10.1 Å². The molecule has 2 heterocycles. The highest BCUT2D eigenvalue weighted by molar-refractivity contribution is 7.89. The van der Waals surface area contributed by atoms with E-state index in [9.17, 15) is 13.2 Å². The second-order valence-corrected chi connectivity index (χ2v) is 8.33. The normalized spacial score (nSPS) is 16.7. The Bertz CT molecular complexity index is 865. The second-order valence-electron chi connectivity index (χ2n) is 5.58. The number of aromatic amines is 1. The molecule has 1 aliphatic rings. The number of aromatic nitrogens is 3. The summed E-state index contributed by atoms with van der Waals surface area (Å²) < 4.78 is 26.8. The second kappa shape index (κ2) is 7.28. The Morgan fingerprint density at radius 3 is 2.64 bits per heavy atom. The van der Waals surface area contributed by atoms with Crippen LogP contribution in [0.2, 0.25) is 10.0 Å². The molecule has 1 aliphatic heterocycles. The van der Waals surface area contributed by atoms with Crippen molar-refractivity contribution >= 4 is 45.1 Å². The van der Waals surface area contributed by atoms with Gasteiger partial charge in [0.1, 0.15) is 11.2 Å². The highest BCUT2D eigenvalue weighted by Gasteiger charge is 2.33. The Morgan fingerprint density at radius 1 is 1.28 bits per heavy atom. The van der Waals surface area contributed by atoms with Gasteiger partial charge in [0.15, 0.2) is 0 Å². The van der Waals surface area contributed by atoms with E-state index in [0.717, 1.165) is 0 Å². The van der Waals surface area contributed by atoms with Crippen LogP contribution in [0.4, 0.5) is 5.95 Å². The SMILES string of the molecule is O=C(Nc1ncn[nH]1)C1CCN(S(=O)(=O)c2cc(Cl)ccc2Cl)CC1. The Morgan fingerprint density at radius 2 is 2.00 bits per heavy atom. The molecule has 0 saturated carbocycles. The number of rotatable bonds is 4. The Kier molecular flexibility index (Phi) is 5.28. The molecule has 1 fully saturated rings. The molecule has 2 aromatic rings. The minimum Gasteiger partial charge on any atom is -0.295 e. The van der Waals surface area contributed by atoms with Gasteiger partial charge >= 0.3 is 0 Å². The number of hydrogen-bond acceptors (Lipinski definition) is 5. The van der Waals surface area contributed by atoms with Crippen molar-refractivity contribution in [2.24, 2.45) is 5.92 Å². The molecule has 3 rings (SSSR count). The lowest BCUT2D eigenvalue weighted by atomic mass is 9.97. The lowest BCUT2D eigenvalue weighted by Gasteiger charge is -2.30. The van der Waals surface area contributed by atoms with E-state index in [4.69, 9.17) is 23.2 Å². The van der Waals surface area contributed by atoms with Crippen molar-refractivity contribution in [3.8, 4) is 0 Å². The standard InChI is InChI=1S/C14H15Cl2N5O3S/c15-10-1-2-11(16)12(7-10)25(23,24)21-5-3-9(4-6-21)13(22)19-14-17-8-18-20-14/h1-2,7-9H,3-6H2,(H2,17,18,19,20,22). The summed E-state index contributed by atoms with van der Waals surface area (Å²) in [6, 6.07) is 4.32. The molecule has 11 heteroatoms. The highest BCUT2D eigenvalue weighted by atomic mass is 35.5. The van der Waals surface area contributed by atoms with E-state index in [-0.39, 0.29) is 40.8 Å². The predicted octanol–water partition coefficient (Wildman–Crippen LogP) is 2.15. The van der Waals surface area contributed by atoms with Gasteiger partial charge in [-0.25, -0.2) is 13.5 Å². The number of nitrogens with one attached hydrogen (secondary N) is 2. The topological polar surface area (TPSA) is 108 Å². The summed E-state index contributed by atoms with van der Waals surface area (Å²) >= 11 is 11.9. The zero-order valence-corrected chi connectivity index (χ0v) is 15.3. The van der Waals surface area contributed by atoms with Gasteiger partial charge in [-0.1, -0.05) is 23.2 Å². The molecule has 1 saturated heterocycles. The molecule has 0 bridgehead atoms. The van der Waals surface area contributed by atoms with E-state index in [1.165, 1.54) is 28.8 Å². The van der Waals surface area contributed by atoms with Crippen molar-refractivity contribution in [2.45, 2.75) is 17.7 Å². The number of piperidine rings is 1. The average Bonchev–Trinajstić information content (AvgIpc) is 3.10. The molecule has 1 aromatic carbocycles. The molecule has 1 aromatic heterocycles. The first kappa shape index (κ1) is 18.1. The van der Waals surface area contributed by atoms with Crippen LogP contribution in [0, 0.1) is 5.92 Å². The van der Waals surface area contributed by atoms with E-state index >= 15 is 0 Å². The van der Waals surface area contributed by atoms with E-state index in [0.29, 0.717) is 17.9 Å². The minimum atomic E-state index is -3.76. The van der Waals surface area contributed by atoms with Gasteiger partial charge in [0.05, 0.1) is 5.02 Å². The number of amides is 1. The van der Waals surface area contributed by atoms with Crippen molar-refractivity contribution in [3.63, 3.8) is 0 Å². The van der Waals surface area contributed by atoms with Gasteiger partial charge in [0.25, 0.3) is 0 Å². The molecule has 25 heavy (non-hydrogen) atoms. The van der Waals surface area contributed by atoms with Crippen molar-refractivity contribution in [1.29, 1.82) is 0 Å². The van der Waals surface area contributed by atoms with Crippen LogP contribution in [-0.2, 0) is 14.8 Å². The largest absolute Gasteiger partial charge is 0.295 e. The molecule has 0 unspecified atom stereocenters. The summed E-state index contributed by atoms with van der Waals surface area (Å²) in [5, 5.41) is 9.23. The number of nitrogens with zero attached hydrogens (tertiary/aromatic N) is 3. The van der Waals surface area contributed by atoms with E-state index in [1.807, 2.05) is 0 Å². The fourth-order valence-electron chi connectivity index (χ4n) is 2.66. The van der Waals surface area contributed by atoms with Crippen molar-refractivity contribution in [2.75, 3.05) is 18.4 Å². The predicted molar refractivity (Wildman–Crippen MR) is 93.0 cm³/mol. The molecule has 0 aliphatic carbocycles. The summed E-state index contributed by atoms with van der Waals surface area (Å²) in [5.41, 5.74) is 0. The lowest BCUT2D eigenvalue weighted by Crippen LogP contribution is -2.41. The minimum absolute atomic E-state index is 0.0220. The number of benzene rings is 1. The van der Waals surface area contributed by atoms with Crippen LogP contribution in [0.1, 0.15) is 12.8 Å². The van der Waals surface area contributed by atoms with E-state index < -0.39 is 10.0 Å². The number of halogens is 2. The number of carbonyl (C=O) groups excluding carboxylic acids is 1. The highest BCUT2D eigenvalue weighted by Crippen LogP contribution is 2.30. The van der Waals surface area contributed by atoms with Gasteiger partial charge in [-0.15, -0.1) is 0 Å². The molecule has 8 nitrogen and oxygen atoms in total. The zero-order chi connectivity index (χ0) is 18.0. The zero-order valence-electron chi connectivity index (χ0n) is 12.9. The first-order chi connectivity index (χ1) is 11.9. The Labute approximate surface area is 154 Å². The lowest BCUT2D eigenvalue weighted by molar-refractivity contribution is -0.121. The van der Waals surface area contributed by atoms with Gasteiger partial charge in [-0.2, -0.15) is 14.4 Å². The van der Waals surface area contributed by atoms with Crippen LogP contribution < -0.4 is 5.32 Å². The number of carbonyl (C=O) groups is 1. The fraction of sp³-hybridized carbons (Fsp3) is 0.357. The van der Waals surface area contributed by atoms with Crippen LogP contribution in [0.25, 0.3) is 0 Å². The Hall–Kier alpha value is -1.68. The molecule has 134 valence electrons. The van der Waals surface area contributed by atoms with E-state index in [2.05, 4.69) is 20.5 Å². The van der Waals surface area contributed by atoms with Gasteiger partial charge in [0, 0.05) is 24.0 Å². The number of hydrogen-bond donors (Lipinski definition) is 2. The molecule has 0 radical (unpaired) electrons. The van der Waals surface area contributed by atoms with Crippen LogP contribution >= 0.6 is 23.2 Å². The monoisotopic (exact) mass is 403 g/mol. The molecular formula is C14H15Cl2N5O3S. The Balaban J connectivity index is 1.67. The number of anilines is 1. The van der Waals surface area contributed by atoms with Gasteiger partial charge < -0.3 is 0 Å². The first-order valence-electron chi connectivity index (χ1n) is 7.49. The fourth-order valence-corrected chi connectivity index (χ4v) is 4.86. The summed E-state index contributed by atoms with van der Waals surface area (Å²) in [4.78, 5) is 16.0. The average molecular weight is 404 g/mol. The molecule has 2 N–H and O–H groups in total. The third kappa shape index (κ3) is 3.95. The molecular weight excluding hydrogens is 389 g/mol. The van der Waals surface area contributed by atoms with Gasteiger partial charge in [0.2, 0.25) is 21.9 Å². The number of sulfonamides is 1. The molecule has 0 spiro atoms. The summed E-state index contributed by atoms with van der Waals surface area (Å²) in [6.07, 6.45) is 2.09. The van der Waals surface area contributed by atoms with E-state index in [1.54, 1.807) is 0 Å². The maximum Gasteiger partial charge on any atom is 0.244 e. The summed E-state index contributed by atoms with van der Waals surface area (Å²) in [7, 11) is -3.76. The summed E-state index contributed by atoms with van der Waals surface area (Å²) in [5.74, 6) is -0.244. The third-order valence-electron chi connectivity index (χ3n) is 3.99.